The van der Waals surface area contributed by atoms with Gasteiger partial charge in [0.2, 0.25) is 5.16 Å². The molecule has 3 rings (SSSR count). The van der Waals surface area contributed by atoms with E-state index < -0.39 is 0 Å². The number of hydrogen-bond acceptors (Lipinski definition) is 4. The molecule has 0 saturated heterocycles. The number of thioether (sulfide) groups is 1. The zero-order valence-electron chi connectivity index (χ0n) is 11.6. The molecular formula is C16H13ClN4S. The van der Waals surface area contributed by atoms with E-state index >= 15 is 0 Å². The minimum atomic E-state index is 0.709. The summed E-state index contributed by atoms with van der Waals surface area (Å²) in [6, 6.07) is 17.7. The lowest BCUT2D eigenvalue weighted by Crippen LogP contribution is -1.92. The topological polar surface area (TPSA) is 43.1 Å². The SMILES string of the molecule is Clc1ccc(/C=N/n2cnnc2SCc2ccccc2)cc1. The normalized spacial score (nSPS) is 11.1. The summed E-state index contributed by atoms with van der Waals surface area (Å²) in [6.45, 7) is 0. The van der Waals surface area contributed by atoms with Crippen molar-refractivity contribution in [2.75, 3.05) is 0 Å². The van der Waals surface area contributed by atoms with Gasteiger partial charge in [-0.3, -0.25) is 0 Å². The van der Waals surface area contributed by atoms with E-state index in [9.17, 15) is 0 Å². The predicted octanol–water partition coefficient (Wildman–Crippen LogP) is 4.11. The van der Waals surface area contributed by atoms with Crippen LogP contribution in [0.5, 0.6) is 0 Å². The van der Waals surface area contributed by atoms with E-state index in [1.807, 2.05) is 42.5 Å². The van der Waals surface area contributed by atoms with Gasteiger partial charge in [-0.05, 0) is 23.3 Å². The first kappa shape index (κ1) is 14.8. The van der Waals surface area contributed by atoms with Crippen molar-refractivity contribution in [1.82, 2.24) is 14.9 Å². The monoisotopic (exact) mass is 328 g/mol. The van der Waals surface area contributed by atoms with Gasteiger partial charge in [0.15, 0.2) is 0 Å². The largest absolute Gasteiger partial charge is 0.212 e. The van der Waals surface area contributed by atoms with Crippen LogP contribution in [0.3, 0.4) is 0 Å². The van der Waals surface area contributed by atoms with E-state index in [4.69, 9.17) is 11.6 Å². The summed E-state index contributed by atoms with van der Waals surface area (Å²) in [4.78, 5) is 0. The minimum Gasteiger partial charge on any atom is -0.195 e. The van der Waals surface area contributed by atoms with E-state index in [1.54, 1.807) is 29.0 Å². The second-order valence-corrected chi connectivity index (χ2v) is 5.91. The smallest absolute Gasteiger partial charge is 0.195 e. The Labute approximate surface area is 137 Å². The lowest BCUT2D eigenvalue weighted by atomic mass is 10.2. The Morgan fingerprint density at radius 2 is 1.86 bits per heavy atom. The van der Waals surface area contributed by atoms with Crippen LogP contribution in [-0.4, -0.2) is 21.1 Å². The van der Waals surface area contributed by atoms with Crippen molar-refractivity contribution in [2.45, 2.75) is 10.9 Å². The van der Waals surface area contributed by atoms with E-state index in [0.717, 1.165) is 16.5 Å². The minimum absolute atomic E-state index is 0.709. The van der Waals surface area contributed by atoms with Crippen LogP contribution in [0, 0.1) is 0 Å². The Bertz CT molecular complexity index is 753. The highest BCUT2D eigenvalue weighted by molar-refractivity contribution is 7.98. The second kappa shape index (κ2) is 7.24. The van der Waals surface area contributed by atoms with Crippen molar-refractivity contribution < 1.29 is 0 Å². The molecule has 0 N–H and O–H groups in total. The summed E-state index contributed by atoms with van der Waals surface area (Å²) in [5.41, 5.74) is 2.21. The highest BCUT2D eigenvalue weighted by atomic mass is 35.5. The number of halogens is 1. The van der Waals surface area contributed by atoms with Gasteiger partial charge in [0.25, 0.3) is 0 Å². The van der Waals surface area contributed by atoms with Crippen LogP contribution in [0.2, 0.25) is 5.02 Å². The zero-order chi connectivity index (χ0) is 15.2. The molecule has 0 atom stereocenters. The molecular weight excluding hydrogens is 316 g/mol. The van der Waals surface area contributed by atoms with E-state index in [1.165, 1.54) is 5.56 Å². The number of rotatable bonds is 5. The molecule has 0 amide bonds. The molecule has 0 spiro atoms. The highest BCUT2D eigenvalue weighted by Crippen LogP contribution is 2.20. The van der Waals surface area contributed by atoms with Gasteiger partial charge in [0.05, 0.1) is 6.21 Å². The Hall–Kier alpha value is -2.11. The summed E-state index contributed by atoms with van der Waals surface area (Å²) in [5, 5.41) is 13.9. The first-order valence-electron chi connectivity index (χ1n) is 6.68. The van der Waals surface area contributed by atoms with Crippen LogP contribution in [0.25, 0.3) is 0 Å². The molecule has 4 nitrogen and oxygen atoms in total. The third-order valence-corrected chi connectivity index (χ3v) is 4.17. The first-order chi connectivity index (χ1) is 10.8. The molecule has 6 heteroatoms. The van der Waals surface area contributed by atoms with Gasteiger partial charge < -0.3 is 0 Å². The molecule has 0 bridgehead atoms. The van der Waals surface area contributed by atoms with Crippen LogP contribution in [-0.2, 0) is 5.75 Å². The molecule has 0 radical (unpaired) electrons. The maximum Gasteiger partial charge on any atom is 0.212 e. The Morgan fingerprint density at radius 3 is 2.64 bits per heavy atom. The summed E-state index contributed by atoms with van der Waals surface area (Å²) in [7, 11) is 0. The van der Waals surface area contributed by atoms with Crippen molar-refractivity contribution in [3.8, 4) is 0 Å². The Morgan fingerprint density at radius 1 is 1.09 bits per heavy atom. The van der Waals surface area contributed by atoms with Crippen molar-refractivity contribution in [1.29, 1.82) is 0 Å². The highest BCUT2D eigenvalue weighted by Gasteiger charge is 2.04. The fraction of sp³-hybridized carbons (Fsp3) is 0.0625. The molecule has 0 aliphatic rings. The van der Waals surface area contributed by atoms with E-state index in [-0.39, 0.29) is 0 Å². The third-order valence-electron chi connectivity index (χ3n) is 2.91. The number of nitrogens with zero attached hydrogens (tertiary/aromatic N) is 4. The maximum absolute atomic E-state index is 5.86. The predicted molar refractivity (Wildman–Crippen MR) is 90.5 cm³/mol. The van der Waals surface area contributed by atoms with Crippen LogP contribution >= 0.6 is 23.4 Å². The van der Waals surface area contributed by atoms with Crippen LogP contribution in [0.1, 0.15) is 11.1 Å². The lowest BCUT2D eigenvalue weighted by Gasteiger charge is -2.01. The van der Waals surface area contributed by atoms with E-state index in [2.05, 4.69) is 27.4 Å². The molecule has 2 aromatic carbocycles. The van der Waals surface area contributed by atoms with Crippen LogP contribution < -0.4 is 0 Å². The van der Waals surface area contributed by atoms with Crippen LogP contribution in [0.15, 0.2) is 71.2 Å². The maximum atomic E-state index is 5.86. The van der Waals surface area contributed by atoms with Crippen molar-refractivity contribution in [3.05, 3.63) is 77.1 Å². The van der Waals surface area contributed by atoms with Gasteiger partial charge in [-0.15, -0.1) is 10.2 Å². The summed E-state index contributed by atoms with van der Waals surface area (Å²) in [6.07, 6.45) is 3.35. The lowest BCUT2D eigenvalue weighted by molar-refractivity contribution is 0.767. The van der Waals surface area contributed by atoms with E-state index in [0.29, 0.717) is 5.02 Å². The summed E-state index contributed by atoms with van der Waals surface area (Å²) >= 11 is 7.46. The molecule has 110 valence electrons. The molecule has 0 aliphatic heterocycles. The Balaban J connectivity index is 1.68. The van der Waals surface area contributed by atoms with Gasteiger partial charge in [-0.2, -0.15) is 9.78 Å². The summed E-state index contributed by atoms with van der Waals surface area (Å²) in [5.74, 6) is 0.829. The molecule has 0 aliphatic carbocycles. The average molecular weight is 329 g/mol. The summed E-state index contributed by atoms with van der Waals surface area (Å²) < 4.78 is 1.67. The first-order valence-corrected chi connectivity index (χ1v) is 8.04. The quantitative estimate of drug-likeness (QED) is 0.523. The van der Waals surface area contributed by atoms with Gasteiger partial charge in [0.1, 0.15) is 6.33 Å². The fourth-order valence-electron chi connectivity index (χ4n) is 1.79. The molecule has 3 aromatic rings. The molecule has 0 saturated carbocycles. The average Bonchev–Trinajstić information content (AvgIpc) is 3.01. The molecule has 0 unspecified atom stereocenters. The number of hydrogen-bond donors (Lipinski definition) is 0. The fourth-order valence-corrected chi connectivity index (χ4v) is 2.74. The second-order valence-electron chi connectivity index (χ2n) is 4.53. The van der Waals surface area contributed by atoms with Gasteiger partial charge in [0, 0.05) is 10.8 Å². The molecule has 1 aromatic heterocycles. The van der Waals surface area contributed by atoms with Gasteiger partial charge in [-0.1, -0.05) is 65.8 Å². The molecule has 1 heterocycles. The standard InChI is InChI=1S/C16H13ClN4S/c17-15-8-6-13(7-9-15)10-19-21-12-18-20-16(21)22-11-14-4-2-1-3-5-14/h1-10,12H,11H2/b19-10+. The van der Waals surface area contributed by atoms with Gasteiger partial charge in [-0.25, -0.2) is 0 Å². The zero-order valence-corrected chi connectivity index (χ0v) is 13.2. The number of aromatic nitrogens is 3. The van der Waals surface area contributed by atoms with Gasteiger partial charge >= 0.3 is 0 Å². The number of benzene rings is 2. The van der Waals surface area contributed by atoms with Crippen molar-refractivity contribution in [2.24, 2.45) is 5.10 Å². The van der Waals surface area contributed by atoms with Crippen LogP contribution in [0.4, 0.5) is 0 Å². The van der Waals surface area contributed by atoms with Crippen molar-refractivity contribution >= 4 is 29.6 Å². The molecule has 0 fully saturated rings. The van der Waals surface area contributed by atoms with Crippen molar-refractivity contribution in [3.63, 3.8) is 0 Å². The third kappa shape index (κ3) is 3.96. The molecule has 22 heavy (non-hydrogen) atoms. The Kier molecular flexibility index (Phi) is 4.88.